The van der Waals surface area contributed by atoms with Gasteiger partial charge in [-0.05, 0) is 16.9 Å². The van der Waals surface area contributed by atoms with E-state index in [1.54, 1.807) is 12.4 Å². The molecule has 1 heterocycles. The highest BCUT2D eigenvalue weighted by Gasteiger charge is 2.10. The van der Waals surface area contributed by atoms with Crippen molar-refractivity contribution in [1.82, 2.24) is 4.98 Å². The first kappa shape index (κ1) is 10.9. The van der Waals surface area contributed by atoms with E-state index >= 15 is 0 Å². The quantitative estimate of drug-likeness (QED) is 0.495. The largest absolute Gasteiger partial charge is 1.00 e. The smallest absolute Gasteiger partial charge is 0.359 e. The Balaban J connectivity index is 0.000000980. The van der Waals surface area contributed by atoms with E-state index in [4.69, 9.17) is 0 Å². The number of aromatic amines is 1. The average molecular weight is 229 g/mol. The molecule has 0 saturated heterocycles. The van der Waals surface area contributed by atoms with Crippen molar-refractivity contribution in [2.24, 2.45) is 0 Å². The van der Waals surface area contributed by atoms with E-state index in [9.17, 15) is 5.21 Å². The molecule has 2 aromatic rings. The summed E-state index contributed by atoms with van der Waals surface area (Å²) in [6, 6.07) is 9.88. The number of aromatic nitrogens is 2. The summed E-state index contributed by atoms with van der Waals surface area (Å²) < 4.78 is 1.07. The normalized spacial score (nSPS) is 9.43. The van der Waals surface area contributed by atoms with E-state index in [1.165, 1.54) is 11.8 Å². The SMILES string of the molecule is O[n+]1cc[nH]c1Sc1ccccc1.[Cl-]. The lowest BCUT2D eigenvalue weighted by Gasteiger charge is -1.93. The van der Waals surface area contributed by atoms with Crippen LogP contribution in [0.1, 0.15) is 0 Å². The second-order valence-corrected chi connectivity index (χ2v) is 3.59. The first-order valence-corrected chi connectivity index (χ1v) is 4.69. The zero-order valence-electron chi connectivity index (χ0n) is 7.22. The Morgan fingerprint density at radius 2 is 1.93 bits per heavy atom. The molecule has 74 valence electrons. The van der Waals surface area contributed by atoms with Crippen LogP contribution in [0, 0.1) is 0 Å². The number of rotatable bonds is 2. The molecule has 0 aliphatic rings. The minimum atomic E-state index is 0. The van der Waals surface area contributed by atoms with Gasteiger partial charge in [0.1, 0.15) is 6.20 Å². The van der Waals surface area contributed by atoms with Gasteiger partial charge < -0.3 is 17.6 Å². The van der Waals surface area contributed by atoms with Crippen molar-refractivity contribution in [1.29, 1.82) is 0 Å². The summed E-state index contributed by atoms with van der Waals surface area (Å²) in [6.07, 6.45) is 3.25. The van der Waals surface area contributed by atoms with Crippen LogP contribution in [0.25, 0.3) is 0 Å². The molecule has 5 heteroatoms. The molecular formula is C9H9ClN2OS. The van der Waals surface area contributed by atoms with Crippen molar-refractivity contribution >= 4 is 11.8 Å². The van der Waals surface area contributed by atoms with Crippen LogP contribution < -0.4 is 17.1 Å². The fourth-order valence-electron chi connectivity index (χ4n) is 0.989. The standard InChI is InChI=1S/C9H8N2OS.ClH/c12-11-7-6-10-9(11)13-8-4-2-1-3-5-8;/h1-7,12H;1H. The monoisotopic (exact) mass is 228 g/mol. The van der Waals surface area contributed by atoms with E-state index in [1.807, 2.05) is 30.3 Å². The number of nitrogens with one attached hydrogen (secondary N) is 1. The Morgan fingerprint density at radius 1 is 1.21 bits per heavy atom. The van der Waals surface area contributed by atoms with Crippen molar-refractivity contribution in [3.8, 4) is 0 Å². The van der Waals surface area contributed by atoms with E-state index in [0.717, 1.165) is 9.63 Å². The zero-order valence-corrected chi connectivity index (χ0v) is 8.79. The molecule has 2 rings (SSSR count). The topological polar surface area (TPSA) is 39.9 Å². The van der Waals surface area contributed by atoms with Gasteiger partial charge in [-0.3, -0.25) is 0 Å². The Kier molecular flexibility index (Phi) is 3.85. The van der Waals surface area contributed by atoms with Crippen LogP contribution in [0.5, 0.6) is 0 Å². The van der Waals surface area contributed by atoms with Gasteiger partial charge in [-0.1, -0.05) is 18.2 Å². The van der Waals surface area contributed by atoms with Gasteiger partial charge >= 0.3 is 5.16 Å². The molecule has 0 aliphatic carbocycles. The number of imidazole rings is 1. The molecule has 3 nitrogen and oxygen atoms in total. The van der Waals surface area contributed by atoms with Crippen molar-refractivity contribution in [3.05, 3.63) is 42.7 Å². The number of halogens is 1. The molecule has 0 unspecified atom stereocenters. The lowest BCUT2D eigenvalue weighted by molar-refractivity contribution is -0.931. The Bertz CT molecular complexity index is 391. The first-order chi connectivity index (χ1) is 6.36. The Labute approximate surface area is 92.2 Å². The lowest BCUT2D eigenvalue weighted by atomic mass is 10.4. The maximum Gasteiger partial charge on any atom is 0.359 e. The van der Waals surface area contributed by atoms with Crippen LogP contribution in [0.4, 0.5) is 0 Å². The molecule has 14 heavy (non-hydrogen) atoms. The highest BCUT2D eigenvalue weighted by atomic mass is 35.5. The van der Waals surface area contributed by atoms with Crippen LogP contribution >= 0.6 is 11.8 Å². The van der Waals surface area contributed by atoms with E-state index in [2.05, 4.69) is 4.98 Å². The predicted molar refractivity (Wildman–Crippen MR) is 48.7 cm³/mol. The summed E-state index contributed by atoms with van der Waals surface area (Å²) in [5.41, 5.74) is 0. The molecule has 0 atom stereocenters. The fourth-order valence-corrected chi connectivity index (χ4v) is 1.79. The van der Waals surface area contributed by atoms with E-state index < -0.39 is 0 Å². The fraction of sp³-hybridized carbons (Fsp3) is 0. The molecule has 0 radical (unpaired) electrons. The predicted octanol–water partition coefficient (Wildman–Crippen LogP) is -1.31. The van der Waals surface area contributed by atoms with E-state index in [0.29, 0.717) is 5.16 Å². The highest BCUT2D eigenvalue weighted by molar-refractivity contribution is 7.99. The molecule has 1 aromatic carbocycles. The average Bonchev–Trinajstić information content (AvgIpc) is 2.54. The number of hydrogen-bond donors (Lipinski definition) is 2. The zero-order chi connectivity index (χ0) is 9.10. The third-order valence-corrected chi connectivity index (χ3v) is 2.59. The number of hydrogen-bond acceptors (Lipinski definition) is 2. The number of H-pyrrole nitrogens is 1. The minimum absolute atomic E-state index is 0. The second-order valence-electron chi connectivity index (χ2n) is 2.52. The first-order valence-electron chi connectivity index (χ1n) is 3.87. The molecule has 0 fully saturated rings. The van der Waals surface area contributed by atoms with Crippen molar-refractivity contribution in [2.75, 3.05) is 0 Å². The lowest BCUT2D eigenvalue weighted by Crippen LogP contribution is -3.00. The molecule has 0 aliphatic heterocycles. The van der Waals surface area contributed by atoms with Crippen LogP contribution in [-0.4, -0.2) is 10.2 Å². The highest BCUT2D eigenvalue weighted by Crippen LogP contribution is 2.22. The van der Waals surface area contributed by atoms with Crippen LogP contribution in [0.15, 0.2) is 52.8 Å². The van der Waals surface area contributed by atoms with Gasteiger partial charge in [0.2, 0.25) is 0 Å². The van der Waals surface area contributed by atoms with E-state index in [-0.39, 0.29) is 12.4 Å². The van der Waals surface area contributed by atoms with Gasteiger partial charge in [-0.2, -0.15) is 0 Å². The summed E-state index contributed by atoms with van der Waals surface area (Å²) in [7, 11) is 0. The summed E-state index contributed by atoms with van der Waals surface area (Å²) in [5.74, 6) is 0. The summed E-state index contributed by atoms with van der Waals surface area (Å²) in [6.45, 7) is 0. The summed E-state index contributed by atoms with van der Waals surface area (Å²) in [5, 5.41) is 9.98. The molecule has 0 saturated carbocycles. The number of benzene rings is 1. The third-order valence-electron chi connectivity index (χ3n) is 1.59. The minimum Gasteiger partial charge on any atom is -1.00 e. The van der Waals surface area contributed by atoms with Gasteiger partial charge in [-0.25, -0.2) is 4.98 Å². The van der Waals surface area contributed by atoms with Crippen LogP contribution in [0.2, 0.25) is 0 Å². The van der Waals surface area contributed by atoms with Gasteiger partial charge in [-0.15, -0.1) is 0 Å². The second kappa shape index (κ2) is 4.93. The van der Waals surface area contributed by atoms with Crippen LogP contribution in [0.3, 0.4) is 0 Å². The Hall–Kier alpha value is -1.13. The maximum absolute atomic E-state index is 9.28. The van der Waals surface area contributed by atoms with Gasteiger partial charge in [0.05, 0.1) is 0 Å². The van der Waals surface area contributed by atoms with Crippen molar-refractivity contribution < 1.29 is 22.3 Å². The number of nitrogens with zero attached hydrogens (tertiary/aromatic N) is 1. The van der Waals surface area contributed by atoms with Crippen molar-refractivity contribution in [2.45, 2.75) is 10.1 Å². The summed E-state index contributed by atoms with van der Waals surface area (Å²) in [4.78, 5) is 4.02. The molecular weight excluding hydrogens is 220 g/mol. The van der Waals surface area contributed by atoms with Crippen LogP contribution in [-0.2, 0) is 0 Å². The maximum atomic E-state index is 9.28. The molecule has 0 bridgehead atoms. The van der Waals surface area contributed by atoms with Gasteiger partial charge in [0, 0.05) is 16.7 Å². The van der Waals surface area contributed by atoms with Gasteiger partial charge in [0.15, 0.2) is 6.20 Å². The summed E-state index contributed by atoms with van der Waals surface area (Å²) >= 11 is 1.48. The molecule has 2 N–H and O–H groups in total. The molecule has 0 spiro atoms. The van der Waals surface area contributed by atoms with Crippen molar-refractivity contribution in [3.63, 3.8) is 0 Å². The molecule has 1 aromatic heterocycles. The Morgan fingerprint density at radius 3 is 2.50 bits per heavy atom. The van der Waals surface area contributed by atoms with Gasteiger partial charge in [0.25, 0.3) is 0 Å². The third kappa shape index (κ3) is 2.43. The molecule has 0 amide bonds.